The second-order valence-electron chi connectivity index (χ2n) is 10.5. The summed E-state index contributed by atoms with van der Waals surface area (Å²) in [6.07, 6.45) is 3.09. The molecule has 31 heavy (non-hydrogen) atoms. The van der Waals surface area contributed by atoms with Gasteiger partial charge in [-0.15, -0.1) is 11.5 Å². The van der Waals surface area contributed by atoms with Crippen LogP contribution in [0.5, 0.6) is 0 Å². The molecule has 0 amide bonds. The molecule has 0 aliphatic carbocycles. The molecule has 0 N–H and O–H groups in total. The first-order chi connectivity index (χ1) is 14.1. The summed E-state index contributed by atoms with van der Waals surface area (Å²) in [5, 5.41) is 0. The molecule has 0 spiro atoms. The fourth-order valence-corrected chi connectivity index (χ4v) is 3.40. The molecule has 0 bridgehead atoms. The van der Waals surface area contributed by atoms with Gasteiger partial charge in [-0.05, 0) is 35.5 Å². The molecule has 4 nitrogen and oxygen atoms in total. The van der Waals surface area contributed by atoms with Crippen molar-refractivity contribution in [3.8, 4) is 0 Å². The second kappa shape index (κ2) is 21.0. The van der Waals surface area contributed by atoms with Crippen molar-refractivity contribution in [1.82, 2.24) is 0 Å². The van der Waals surface area contributed by atoms with E-state index in [0.717, 1.165) is 12.8 Å². The summed E-state index contributed by atoms with van der Waals surface area (Å²) in [4.78, 5) is 27.0. The van der Waals surface area contributed by atoms with E-state index in [-0.39, 0.29) is 43.9 Å². The average molecular weight is 583 g/mol. The number of hydrogen-bond acceptors (Lipinski definition) is 6. The van der Waals surface area contributed by atoms with Crippen molar-refractivity contribution in [2.45, 2.75) is 91.0 Å². The first-order valence-electron chi connectivity index (χ1n) is 11.2. The zero-order valence-electron chi connectivity index (χ0n) is 21.8. The zero-order valence-corrected chi connectivity index (χ0v) is 26.2. The SMILES string of the molecule is CC(CC(=O)OCC[S-])CC(C)(C)C.CC(CC(=O)OCC[S-])CC(C)(C)C.[CH3][Sn+2][CH3]. The Hall–Kier alpha value is 0.439. The Labute approximate surface area is 214 Å². The van der Waals surface area contributed by atoms with Crippen LogP contribution < -0.4 is 0 Å². The number of ether oxygens (including phenoxy) is 2. The number of carbonyl (C=O) groups is 2. The van der Waals surface area contributed by atoms with E-state index in [2.05, 4.69) is 65.3 Å². The van der Waals surface area contributed by atoms with Crippen LogP contribution in [-0.4, -0.2) is 57.8 Å². The number of esters is 2. The topological polar surface area (TPSA) is 52.6 Å². The van der Waals surface area contributed by atoms with Crippen LogP contribution in [0.3, 0.4) is 0 Å². The predicted molar refractivity (Wildman–Crippen MR) is 140 cm³/mol. The van der Waals surface area contributed by atoms with E-state index in [9.17, 15) is 9.59 Å². The molecule has 0 aliphatic rings. The first kappa shape index (κ1) is 36.0. The quantitative estimate of drug-likeness (QED) is 0.182. The van der Waals surface area contributed by atoms with E-state index >= 15 is 0 Å². The van der Waals surface area contributed by atoms with Gasteiger partial charge in [0, 0.05) is 12.8 Å². The third-order valence-electron chi connectivity index (χ3n) is 3.64. The molecule has 0 saturated heterocycles. The maximum atomic E-state index is 11.2. The summed E-state index contributed by atoms with van der Waals surface area (Å²) in [5.41, 5.74) is 0.551. The van der Waals surface area contributed by atoms with Crippen molar-refractivity contribution >= 4 is 58.3 Å². The van der Waals surface area contributed by atoms with E-state index in [1.807, 2.05) is 0 Å². The Morgan fingerprint density at radius 1 is 0.742 bits per heavy atom. The molecule has 0 heterocycles. The molecule has 0 fully saturated rings. The Bertz CT molecular complexity index is 406. The molecule has 0 radical (unpaired) electrons. The zero-order chi connectivity index (χ0) is 25.1. The number of hydrogen-bond donors (Lipinski definition) is 0. The van der Waals surface area contributed by atoms with Gasteiger partial charge < -0.3 is 34.7 Å². The Morgan fingerprint density at radius 2 is 1.00 bits per heavy atom. The van der Waals surface area contributed by atoms with E-state index in [4.69, 9.17) is 34.7 Å². The van der Waals surface area contributed by atoms with Gasteiger partial charge in [-0.25, -0.2) is 0 Å². The third-order valence-corrected chi connectivity index (χ3v) is 3.98. The fraction of sp³-hybridized carbons (Fsp3) is 0.917. The molecule has 184 valence electrons. The normalized spacial score (nSPS) is 12.8. The Balaban J connectivity index is -0.000000448. The van der Waals surface area contributed by atoms with Crippen LogP contribution in [0, 0.1) is 22.7 Å². The second-order valence-corrected chi connectivity index (χ2v) is 14.2. The van der Waals surface area contributed by atoms with Crippen LogP contribution in [0.15, 0.2) is 0 Å². The summed E-state index contributed by atoms with van der Waals surface area (Å²) in [6, 6.07) is 0. The number of rotatable bonds is 10. The molecular weight excluding hydrogens is 535 g/mol. The van der Waals surface area contributed by atoms with Crippen molar-refractivity contribution < 1.29 is 19.1 Å². The van der Waals surface area contributed by atoms with E-state index in [1.165, 1.54) is 0 Å². The van der Waals surface area contributed by atoms with Gasteiger partial charge in [-0.2, -0.15) is 0 Å². The minimum absolute atomic E-state index is 0.119. The van der Waals surface area contributed by atoms with Crippen LogP contribution in [0.25, 0.3) is 0 Å². The molecule has 2 atom stereocenters. The molecular formula is C24H48O4S2Sn. The van der Waals surface area contributed by atoms with Crippen LogP contribution in [0.1, 0.15) is 81.1 Å². The Kier molecular flexibility index (Phi) is 24.4. The van der Waals surface area contributed by atoms with Gasteiger partial charge in [-0.3, -0.25) is 9.59 Å². The fourth-order valence-electron chi connectivity index (χ4n) is 3.23. The van der Waals surface area contributed by atoms with E-state index in [1.54, 1.807) is 0 Å². The Morgan fingerprint density at radius 3 is 1.19 bits per heavy atom. The molecule has 7 heteroatoms. The monoisotopic (exact) mass is 584 g/mol. The molecule has 0 saturated carbocycles. The molecule has 0 aliphatic heterocycles. The van der Waals surface area contributed by atoms with Crippen LogP contribution in [0.4, 0.5) is 0 Å². The summed E-state index contributed by atoms with van der Waals surface area (Å²) >= 11 is 9.62. The van der Waals surface area contributed by atoms with Crippen LogP contribution in [0.2, 0.25) is 9.88 Å². The van der Waals surface area contributed by atoms with Gasteiger partial charge in [0.25, 0.3) is 0 Å². The maximum absolute atomic E-state index is 11.2. The van der Waals surface area contributed by atoms with Gasteiger partial charge in [0.2, 0.25) is 0 Å². The van der Waals surface area contributed by atoms with Gasteiger partial charge in [0.1, 0.15) is 0 Å². The average Bonchev–Trinajstić information content (AvgIpc) is 2.55. The van der Waals surface area contributed by atoms with Crippen molar-refractivity contribution in [1.29, 1.82) is 0 Å². The minimum atomic E-state index is -0.119. The molecule has 0 aromatic carbocycles. The first-order valence-corrected chi connectivity index (χ1v) is 18.0. The van der Waals surface area contributed by atoms with Crippen LogP contribution in [-0.2, 0) is 44.3 Å². The van der Waals surface area contributed by atoms with Crippen molar-refractivity contribution in [2.75, 3.05) is 24.7 Å². The van der Waals surface area contributed by atoms with Gasteiger partial charge in [0.15, 0.2) is 0 Å². The molecule has 2 unspecified atom stereocenters. The summed E-state index contributed by atoms with van der Waals surface area (Å²) in [5.74, 6) is 1.50. The number of carbonyl (C=O) groups excluding carboxylic acids is 2. The third kappa shape index (κ3) is 35.2. The van der Waals surface area contributed by atoms with Crippen molar-refractivity contribution in [3.05, 3.63) is 0 Å². The van der Waals surface area contributed by atoms with Gasteiger partial charge in [-0.1, -0.05) is 55.4 Å². The summed E-state index contributed by atoms with van der Waals surface area (Å²) in [7, 11) is 0. The summed E-state index contributed by atoms with van der Waals surface area (Å²) in [6.45, 7) is 18.0. The van der Waals surface area contributed by atoms with E-state index < -0.39 is 0 Å². The standard InChI is InChI=1S/2C11H22O2S.2CH3.Sn/c2*1-9(8-11(2,3)4)7-10(12)13-5-6-14;;;/h2*9,14H,5-8H2,1-4H3;2*1H3;/q;;;;+2/p-2. The predicted octanol–water partition coefficient (Wildman–Crippen LogP) is 5.86. The van der Waals surface area contributed by atoms with Gasteiger partial charge in [0.05, 0.1) is 13.2 Å². The molecule has 0 aromatic heterocycles. The van der Waals surface area contributed by atoms with Crippen molar-refractivity contribution in [2.24, 2.45) is 22.7 Å². The van der Waals surface area contributed by atoms with Gasteiger partial charge >= 0.3 is 43.0 Å². The molecule has 0 rings (SSSR count). The van der Waals surface area contributed by atoms with Crippen molar-refractivity contribution in [3.63, 3.8) is 0 Å². The van der Waals surface area contributed by atoms with E-state index in [0.29, 0.717) is 49.4 Å². The molecule has 0 aromatic rings. The van der Waals surface area contributed by atoms with Crippen LogP contribution >= 0.6 is 0 Å². The summed E-state index contributed by atoms with van der Waals surface area (Å²) < 4.78 is 9.87.